The fourth-order valence-corrected chi connectivity index (χ4v) is 3.40. The van der Waals surface area contributed by atoms with Crippen LogP contribution in [0.2, 0.25) is 0 Å². The fraction of sp³-hybridized carbons (Fsp3) is 0.917. The molecule has 0 spiro atoms. The Kier molecular flexibility index (Phi) is 5.16. The van der Waals surface area contributed by atoms with Gasteiger partial charge in [0, 0.05) is 19.0 Å². The molecule has 1 heterocycles. The van der Waals surface area contributed by atoms with Crippen LogP contribution in [0.1, 0.15) is 40.5 Å². The van der Waals surface area contributed by atoms with E-state index in [-0.39, 0.29) is 5.92 Å². The first kappa shape index (κ1) is 15.4. The van der Waals surface area contributed by atoms with E-state index in [0.717, 1.165) is 12.8 Å². The first-order valence-electron chi connectivity index (χ1n) is 6.55. The number of piperidine rings is 1. The van der Waals surface area contributed by atoms with Gasteiger partial charge in [-0.15, -0.1) is 0 Å². The Morgan fingerprint density at radius 3 is 2.06 bits per heavy atom. The van der Waals surface area contributed by atoms with E-state index in [1.54, 1.807) is 13.8 Å². The van der Waals surface area contributed by atoms with Crippen molar-refractivity contribution in [1.29, 1.82) is 0 Å². The molecule has 1 aliphatic rings. The quantitative estimate of drug-likeness (QED) is 0.843. The van der Waals surface area contributed by atoms with Gasteiger partial charge in [0.15, 0.2) is 0 Å². The second-order valence-corrected chi connectivity index (χ2v) is 7.28. The number of hydrogen-bond donors (Lipinski definition) is 1. The number of carbonyl (C=O) groups excluding carboxylic acids is 1. The van der Waals surface area contributed by atoms with Crippen LogP contribution in [0.25, 0.3) is 0 Å². The summed E-state index contributed by atoms with van der Waals surface area (Å²) in [5.74, 6) is 0.395. The summed E-state index contributed by atoms with van der Waals surface area (Å²) in [6.45, 7) is 8.68. The van der Waals surface area contributed by atoms with Crippen LogP contribution in [-0.2, 0) is 15.0 Å². The minimum absolute atomic E-state index is 0.326. The average Bonchev–Trinajstić information content (AvgIpc) is 2.28. The molecule has 1 rings (SSSR count). The van der Waals surface area contributed by atoms with Gasteiger partial charge in [0.05, 0.1) is 0 Å². The average molecular weight is 276 g/mol. The maximum Gasteiger partial charge on any atom is 0.303 e. The number of nitrogens with one attached hydrogen (secondary N) is 1. The van der Waals surface area contributed by atoms with Crippen molar-refractivity contribution in [3.63, 3.8) is 0 Å². The van der Waals surface area contributed by atoms with Crippen molar-refractivity contribution in [1.82, 2.24) is 9.03 Å². The molecule has 0 aliphatic carbocycles. The predicted molar refractivity (Wildman–Crippen MR) is 71.0 cm³/mol. The van der Waals surface area contributed by atoms with Crippen molar-refractivity contribution in [2.75, 3.05) is 13.1 Å². The van der Waals surface area contributed by atoms with Gasteiger partial charge < -0.3 is 0 Å². The van der Waals surface area contributed by atoms with Crippen molar-refractivity contribution in [2.45, 2.75) is 40.5 Å². The summed E-state index contributed by atoms with van der Waals surface area (Å²) in [5.41, 5.74) is 0. The van der Waals surface area contributed by atoms with Gasteiger partial charge >= 0.3 is 10.2 Å². The van der Waals surface area contributed by atoms with E-state index in [1.807, 2.05) is 0 Å². The van der Waals surface area contributed by atoms with E-state index in [2.05, 4.69) is 18.6 Å². The first-order valence-corrected chi connectivity index (χ1v) is 7.99. The third-order valence-electron chi connectivity index (χ3n) is 3.54. The van der Waals surface area contributed by atoms with Crippen molar-refractivity contribution in [2.24, 2.45) is 17.8 Å². The van der Waals surface area contributed by atoms with Crippen molar-refractivity contribution in [3.8, 4) is 0 Å². The van der Waals surface area contributed by atoms with Crippen LogP contribution in [-0.4, -0.2) is 31.7 Å². The highest BCUT2D eigenvalue weighted by Crippen LogP contribution is 2.25. The van der Waals surface area contributed by atoms with Crippen LogP contribution in [0.15, 0.2) is 0 Å². The van der Waals surface area contributed by atoms with Crippen LogP contribution in [0, 0.1) is 17.8 Å². The lowest BCUT2D eigenvalue weighted by Crippen LogP contribution is -2.48. The number of hydrogen-bond acceptors (Lipinski definition) is 3. The molecule has 0 aromatic carbocycles. The van der Waals surface area contributed by atoms with Gasteiger partial charge in [-0.3, -0.25) is 4.79 Å². The highest BCUT2D eigenvalue weighted by Gasteiger charge is 2.30. The molecular formula is C12H24N2O3S. The summed E-state index contributed by atoms with van der Waals surface area (Å²) >= 11 is 0. The van der Waals surface area contributed by atoms with Crippen LogP contribution in [0.3, 0.4) is 0 Å². The zero-order chi connectivity index (χ0) is 13.9. The Labute approximate surface area is 110 Å². The molecule has 18 heavy (non-hydrogen) atoms. The van der Waals surface area contributed by atoms with Gasteiger partial charge in [0.25, 0.3) is 0 Å². The molecular weight excluding hydrogens is 252 g/mol. The van der Waals surface area contributed by atoms with Crippen molar-refractivity contribution < 1.29 is 13.2 Å². The lowest BCUT2D eigenvalue weighted by molar-refractivity contribution is -0.122. The summed E-state index contributed by atoms with van der Waals surface area (Å²) in [7, 11) is -3.64. The Bertz CT molecular complexity index is 382. The standard InChI is InChI=1S/C12H24N2O3S/c1-9(2)11-5-7-14(8-6-11)18(16,17)13-12(15)10(3)4/h9-11H,5-8H2,1-4H3,(H,13,15). The molecule has 1 fully saturated rings. The predicted octanol–water partition coefficient (Wildman–Crippen LogP) is 1.37. The number of amides is 1. The summed E-state index contributed by atoms with van der Waals surface area (Å²) in [5, 5.41) is 0. The lowest BCUT2D eigenvalue weighted by atomic mass is 9.87. The monoisotopic (exact) mass is 276 g/mol. The normalized spacial score (nSPS) is 19.4. The molecule has 1 aliphatic heterocycles. The van der Waals surface area contributed by atoms with Crippen LogP contribution < -0.4 is 4.72 Å². The molecule has 0 bridgehead atoms. The smallest absolute Gasteiger partial charge is 0.274 e. The highest BCUT2D eigenvalue weighted by molar-refractivity contribution is 7.87. The van der Waals surface area contributed by atoms with E-state index >= 15 is 0 Å². The summed E-state index contributed by atoms with van der Waals surface area (Å²) < 4.78 is 27.5. The minimum Gasteiger partial charge on any atom is -0.274 e. The van der Waals surface area contributed by atoms with E-state index < -0.39 is 16.1 Å². The molecule has 0 atom stereocenters. The Hall–Kier alpha value is -0.620. The number of rotatable bonds is 4. The van der Waals surface area contributed by atoms with Gasteiger partial charge in [-0.2, -0.15) is 12.7 Å². The molecule has 1 N–H and O–H groups in total. The maximum atomic E-state index is 12.0. The summed E-state index contributed by atoms with van der Waals surface area (Å²) in [6, 6.07) is 0. The van der Waals surface area contributed by atoms with Crippen molar-refractivity contribution in [3.05, 3.63) is 0 Å². The molecule has 0 aromatic heterocycles. The Balaban J connectivity index is 2.58. The zero-order valence-corrected chi connectivity index (χ0v) is 12.5. The van der Waals surface area contributed by atoms with Crippen LogP contribution in [0.4, 0.5) is 0 Å². The number of carbonyl (C=O) groups is 1. The highest BCUT2D eigenvalue weighted by atomic mass is 32.2. The summed E-state index contributed by atoms with van der Waals surface area (Å²) in [4.78, 5) is 11.5. The van der Waals surface area contributed by atoms with Gasteiger partial charge in [-0.1, -0.05) is 27.7 Å². The second kappa shape index (κ2) is 6.02. The van der Waals surface area contributed by atoms with Gasteiger partial charge in [0.2, 0.25) is 5.91 Å². The van der Waals surface area contributed by atoms with E-state index in [9.17, 15) is 13.2 Å². The van der Waals surface area contributed by atoms with E-state index in [0.29, 0.717) is 24.9 Å². The van der Waals surface area contributed by atoms with Crippen LogP contribution in [0.5, 0.6) is 0 Å². The molecule has 106 valence electrons. The van der Waals surface area contributed by atoms with Crippen LogP contribution >= 0.6 is 0 Å². The maximum absolute atomic E-state index is 12.0. The Morgan fingerprint density at radius 1 is 1.17 bits per heavy atom. The SMILES string of the molecule is CC(C)C(=O)NS(=O)(=O)N1CCC(C(C)C)CC1. The largest absolute Gasteiger partial charge is 0.303 e. The molecule has 0 radical (unpaired) electrons. The van der Waals surface area contributed by atoms with Gasteiger partial charge in [0.1, 0.15) is 0 Å². The fourth-order valence-electron chi connectivity index (χ4n) is 2.09. The zero-order valence-electron chi connectivity index (χ0n) is 11.6. The third-order valence-corrected chi connectivity index (χ3v) is 5.04. The molecule has 0 aromatic rings. The molecule has 6 heteroatoms. The Morgan fingerprint density at radius 2 is 1.67 bits per heavy atom. The lowest BCUT2D eigenvalue weighted by Gasteiger charge is -2.33. The topological polar surface area (TPSA) is 66.5 Å². The van der Waals surface area contributed by atoms with Gasteiger partial charge in [-0.25, -0.2) is 4.72 Å². The molecule has 5 nitrogen and oxygen atoms in total. The minimum atomic E-state index is -3.64. The van der Waals surface area contributed by atoms with E-state index in [1.165, 1.54) is 4.31 Å². The van der Waals surface area contributed by atoms with Crippen molar-refractivity contribution >= 4 is 16.1 Å². The molecule has 0 saturated carbocycles. The number of nitrogens with zero attached hydrogens (tertiary/aromatic N) is 1. The molecule has 1 saturated heterocycles. The third kappa shape index (κ3) is 3.95. The first-order chi connectivity index (χ1) is 8.24. The molecule has 1 amide bonds. The second-order valence-electron chi connectivity index (χ2n) is 5.61. The van der Waals surface area contributed by atoms with E-state index in [4.69, 9.17) is 0 Å². The van der Waals surface area contributed by atoms with Gasteiger partial charge in [-0.05, 0) is 24.7 Å². The molecule has 0 unspecified atom stereocenters. The summed E-state index contributed by atoms with van der Waals surface area (Å²) in [6.07, 6.45) is 1.74.